The highest BCUT2D eigenvalue weighted by molar-refractivity contribution is 8.26. The van der Waals surface area contributed by atoms with Gasteiger partial charge in [0.15, 0.2) is 9.84 Å². The molecule has 2 aliphatic heterocycles. The van der Waals surface area contributed by atoms with Gasteiger partial charge in [0.25, 0.3) is 5.91 Å². The van der Waals surface area contributed by atoms with Gasteiger partial charge in [-0.05, 0) is 30.2 Å². The van der Waals surface area contributed by atoms with Crippen molar-refractivity contribution in [3.05, 3.63) is 39.8 Å². The Kier molecular flexibility index (Phi) is 4.33. The van der Waals surface area contributed by atoms with Crippen molar-refractivity contribution in [3.63, 3.8) is 0 Å². The van der Waals surface area contributed by atoms with Gasteiger partial charge in [-0.25, -0.2) is 8.42 Å². The quantitative estimate of drug-likeness (QED) is 0.589. The number of thioether (sulfide) groups is 1. The second kappa shape index (κ2) is 5.96. The summed E-state index contributed by atoms with van der Waals surface area (Å²) in [5.74, 6) is -0.106. The Morgan fingerprint density at radius 2 is 2.00 bits per heavy atom. The fraction of sp³-hybridized carbons (Fsp3) is 0.286. The number of nitrogens with zero attached hydrogens (tertiary/aromatic N) is 1. The zero-order valence-electron chi connectivity index (χ0n) is 11.4. The van der Waals surface area contributed by atoms with E-state index in [0.717, 1.165) is 5.56 Å². The zero-order valence-corrected chi connectivity index (χ0v) is 14.6. The third kappa shape index (κ3) is 3.22. The third-order valence-electron chi connectivity index (χ3n) is 3.56. The lowest BCUT2D eigenvalue weighted by atomic mass is 10.2. The number of rotatable bonds is 2. The molecule has 116 valence electrons. The van der Waals surface area contributed by atoms with Gasteiger partial charge in [-0.15, -0.1) is 0 Å². The van der Waals surface area contributed by atoms with Crippen LogP contribution in [-0.2, 0) is 14.6 Å². The molecule has 8 heteroatoms. The van der Waals surface area contributed by atoms with Crippen molar-refractivity contribution < 1.29 is 13.2 Å². The molecule has 1 atom stereocenters. The van der Waals surface area contributed by atoms with Crippen molar-refractivity contribution in [3.8, 4) is 0 Å². The summed E-state index contributed by atoms with van der Waals surface area (Å²) in [6, 6.07) is 6.78. The molecule has 0 radical (unpaired) electrons. The van der Waals surface area contributed by atoms with E-state index >= 15 is 0 Å². The predicted molar refractivity (Wildman–Crippen MR) is 93.5 cm³/mol. The molecule has 0 spiro atoms. The van der Waals surface area contributed by atoms with Crippen LogP contribution in [0.15, 0.2) is 29.2 Å². The number of carbonyl (C=O) groups excluding carboxylic acids is 1. The normalized spacial score (nSPS) is 26.1. The molecule has 0 aromatic heterocycles. The van der Waals surface area contributed by atoms with Gasteiger partial charge in [0.2, 0.25) is 0 Å². The van der Waals surface area contributed by atoms with Gasteiger partial charge in [0.05, 0.1) is 22.5 Å². The van der Waals surface area contributed by atoms with E-state index in [4.69, 9.17) is 23.8 Å². The Labute approximate surface area is 143 Å². The molecule has 1 aromatic carbocycles. The average Bonchev–Trinajstić information content (AvgIpc) is 2.93. The number of amides is 1. The highest BCUT2D eigenvalue weighted by Crippen LogP contribution is 2.36. The smallest absolute Gasteiger partial charge is 0.266 e. The summed E-state index contributed by atoms with van der Waals surface area (Å²) in [6.07, 6.45) is 2.20. The lowest BCUT2D eigenvalue weighted by Crippen LogP contribution is -2.39. The fourth-order valence-electron chi connectivity index (χ4n) is 2.48. The largest absolute Gasteiger partial charge is 0.289 e. The van der Waals surface area contributed by atoms with Crippen LogP contribution in [0.1, 0.15) is 12.0 Å². The number of hydrogen-bond acceptors (Lipinski definition) is 5. The molecule has 0 aliphatic carbocycles. The molecular formula is C14H12ClNO3S3. The summed E-state index contributed by atoms with van der Waals surface area (Å²) < 4.78 is 23.6. The first kappa shape index (κ1) is 16.0. The van der Waals surface area contributed by atoms with Crippen LogP contribution in [-0.4, -0.2) is 41.1 Å². The summed E-state index contributed by atoms with van der Waals surface area (Å²) >= 11 is 12.3. The Hall–Kier alpha value is -0.890. The van der Waals surface area contributed by atoms with Gasteiger partial charge in [-0.1, -0.05) is 47.7 Å². The number of carbonyl (C=O) groups is 1. The molecule has 0 bridgehead atoms. The van der Waals surface area contributed by atoms with E-state index in [1.165, 1.54) is 16.7 Å². The van der Waals surface area contributed by atoms with Crippen LogP contribution >= 0.6 is 35.6 Å². The summed E-state index contributed by atoms with van der Waals surface area (Å²) in [4.78, 5) is 14.5. The zero-order chi connectivity index (χ0) is 15.9. The monoisotopic (exact) mass is 373 g/mol. The number of halogens is 1. The standard InChI is InChI=1S/C14H12ClNO3S3/c15-10-3-1-9(2-4-10)7-12-13(17)16(14(20)21-12)11-5-6-22(18,19)8-11/h1-4,7,11H,5-6,8H2/b12-7+/t11-/m0/s1. The lowest BCUT2D eigenvalue weighted by Gasteiger charge is -2.20. The van der Waals surface area contributed by atoms with Crippen molar-refractivity contribution >= 4 is 61.7 Å². The van der Waals surface area contributed by atoms with Crippen molar-refractivity contribution in [2.75, 3.05) is 11.5 Å². The molecule has 22 heavy (non-hydrogen) atoms. The van der Waals surface area contributed by atoms with Gasteiger partial charge >= 0.3 is 0 Å². The van der Waals surface area contributed by atoms with Crippen LogP contribution in [0.25, 0.3) is 6.08 Å². The Morgan fingerprint density at radius 3 is 2.59 bits per heavy atom. The molecule has 2 heterocycles. The van der Waals surface area contributed by atoms with E-state index in [1.54, 1.807) is 18.2 Å². The Morgan fingerprint density at radius 1 is 1.32 bits per heavy atom. The molecule has 1 aromatic rings. The second-order valence-electron chi connectivity index (χ2n) is 5.16. The van der Waals surface area contributed by atoms with Gasteiger partial charge < -0.3 is 0 Å². The van der Waals surface area contributed by atoms with Crippen LogP contribution in [0.5, 0.6) is 0 Å². The summed E-state index contributed by atoms with van der Waals surface area (Å²) in [7, 11) is -3.06. The van der Waals surface area contributed by atoms with E-state index in [0.29, 0.717) is 20.7 Å². The minimum Gasteiger partial charge on any atom is -0.289 e. The molecule has 0 N–H and O–H groups in total. The van der Waals surface area contributed by atoms with Crippen LogP contribution < -0.4 is 0 Å². The van der Waals surface area contributed by atoms with Crippen LogP contribution in [0.3, 0.4) is 0 Å². The van der Waals surface area contributed by atoms with Crippen LogP contribution in [0.2, 0.25) is 5.02 Å². The van der Waals surface area contributed by atoms with E-state index in [9.17, 15) is 13.2 Å². The molecule has 2 fully saturated rings. The van der Waals surface area contributed by atoms with Crippen LogP contribution in [0, 0.1) is 0 Å². The van der Waals surface area contributed by atoms with Crippen molar-refractivity contribution in [1.29, 1.82) is 0 Å². The molecule has 3 rings (SSSR count). The maximum Gasteiger partial charge on any atom is 0.266 e. The maximum absolute atomic E-state index is 12.5. The summed E-state index contributed by atoms with van der Waals surface area (Å²) in [6.45, 7) is 0. The maximum atomic E-state index is 12.5. The molecular weight excluding hydrogens is 362 g/mol. The van der Waals surface area contributed by atoms with Crippen molar-refractivity contribution in [1.82, 2.24) is 4.90 Å². The van der Waals surface area contributed by atoms with Crippen molar-refractivity contribution in [2.24, 2.45) is 0 Å². The van der Waals surface area contributed by atoms with Gasteiger partial charge in [-0.2, -0.15) is 0 Å². The van der Waals surface area contributed by atoms with Crippen LogP contribution in [0.4, 0.5) is 0 Å². The third-order valence-corrected chi connectivity index (χ3v) is 6.90. The number of sulfone groups is 1. The SMILES string of the molecule is O=C1/C(=C\c2ccc(Cl)cc2)SC(=S)N1[C@H]1CCS(=O)(=O)C1. The van der Waals surface area contributed by atoms with E-state index < -0.39 is 9.84 Å². The fourth-order valence-corrected chi connectivity index (χ4v) is 5.71. The minimum atomic E-state index is -3.06. The molecule has 2 aliphatic rings. The average molecular weight is 374 g/mol. The number of hydrogen-bond donors (Lipinski definition) is 0. The molecule has 1 amide bonds. The van der Waals surface area contributed by atoms with E-state index in [1.807, 2.05) is 12.1 Å². The molecule has 0 unspecified atom stereocenters. The number of thiocarbonyl (C=S) groups is 1. The molecule has 2 saturated heterocycles. The minimum absolute atomic E-state index is 0.00628. The topological polar surface area (TPSA) is 54.5 Å². The first-order chi connectivity index (χ1) is 10.4. The van der Waals surface area contributed by atoms with E-state index in [2.05, 4.69) is 0 Å². The molecule has 0 saturated carbocycles. The van der Waals surface area contributed by atoms with Gasteiger partial charge in [0.1, 0.15) is 4.32 Å². The second-order valence-corrected chi connectivity index (χ2v) is 9.50. The Bertz CT molecular complexity index is 771. The molecule has 4 nitrogen and oxygen atoms in total. The number of benzene rings is 1. The highest BCUT2D eigenvalue weighted by Gasteiger charge is 2.41. The highest BCUT2D eigenvalue weighted by atomic mass is 35.5. The first-order valence-electron chi connectivity index (χ1n) is 6.59. The lowest BCUT2D eigenvalue weighted by molar-refractivity contribution is -0.123. The first-order valence-corrected chi connectivity index (χ1v) is 10.0. The van der Waals surface area contributed by atoms with Gasteiger partial charge in [-0.3, -0.25) is 9.69 Å². The van der Waals surface area contributed by atoms with Gasteiger partial charge in [0, 0.05) is 5.02 Å². The van der Waals surface area contributed by atoms with E-state index in [-0.39, 0.29) is 23.5 Å². The predicted octanol–water partition coefficient (Wildman–Crippen LogP) is 2.73. The Balaban J connectivity index is 1.84. The summed E-state index contributed by atoms with van der Waals surface area (Å²) in [5.41, 5.74) is 0.851. The van der Waals surface area contributed by atoms with Crippen molar-refractivity contribution in [2.45, 2.75) is 12.5 Å². The summed E-state index contributed by atoms with van der Waals surface area (Å²) in [5, 5.41) is 0.626.